The molecule has 20 heavy (non-hydrogen) atoms. The average molecular weight is 340 g/mol. The number of fused-ring (bicyclic) bond motifs is 1. The van der Waals surface area contributed by atoms with E-state index in [1.807, 2.05) is 7.05 Å². The van der Waals surface area contributed by atoms with E-state index in [2.05, 4.69) is 33.4 Å². The zero-order valence-corrected chi connectivity index (χ0v) is 13.5. The van der Waals surface area contributed by atoms with Crippen molar-refractivity contribution in [1.29, 1.82) is 0 Å². The van der Waals surface area contributed by atoms with Crippen molar-refractivity contribution in [2.75, 3.05) is 13.7 Å². The van der Waals surface area contributed by atoms with Crippen LogP contribution in [0.3, 0.4) is 0 Å². The average Bonchev–Trinajstić information content (AvgIpc) is 2.93. The standard InChI is InChI=1S/C16H22BrNO2/c1-18-14-2-4-15(5-3-14)20-10-12-9-13(17)8-11-6-7-19-16(11)12/h8-9,14-15,18H,2-7,10H2,1H3. The van der Waals surface area contributed by atoms with Gasteiger partial charge >= 0.3 is 0 Å². The Morgan fingerprint density at radius 2 is 2.10 bits per heavy atom. The zero-order valence-electron chi connectivity index (χ0n) is 12.0. The molecule has 0 radical (unpaired) electrons. The summed E-state index contributed by atoms with van der Waals surface area (Å²) in [6, 6.07) is 4.96. The first-order chi connectivity index (χ1) is 9.76. The van der Waals surface area contributed by atoms with Gasteiger partial charge in [0.2, 0.25) is 0 Å². The summed E-state index contributed by atoms with van der Waals surface area (Å²) in [6.45, 7) is 1.46. The molecule has 0 unspecified atom stereocenters. The van der Waals surface area contributed by atoms with E-state index in [1.54, 1.807) is 0 Å². The van der Waals surface area contributed by atoms with E-state index >= 15 is 0 Å². The minimum atomic E-state index is 0.399. The van der Waals surface area contributed by atoms with Crippen LogP contribution in [0.2, 0.25) is 0 Å². The molecule has 1 saturated carbocycles. The quantitative estimate of drug-likeness (QED) is 0.911. The first-order valence-corrected chi connectivity index (χ1v) is 8.28. The summed E-state index contributed by atoms with van der Waals surface area (Å²) in [6.07, 6.45) is 6.15. The lowest BCUT2D eigenvalue weighted by atomic mass is 9.93. The maximum Gasteiger partial charge on any atom is 0.128 e. The van der Waals surface area contributed by atoms with Crippen molar-refractivity contribution < 1.29 is 9.47 Å². The van der Waals surface area contributed by atoms with Gasteiger partial charge in [-0.25, -0.2) is 0 Å². The van der Waals surface area contributed by atoms with Crippen LogP contribution in [0.5, 0.6) is 5.75 Å². The summed E-state index contributed by atoms with van der Waals surface area (Å²) in [5, 5.41) is 3.36. The highest BCUT2D eigenvalue weighted by atomic mass is 79.9. The molecule has 1 aliphatic heterocycles. The highest BCUT2D eigenvalue weighted by Crippen LogP contribution is 2.34. The molecule has 1 fully saturated rings. The Labute approximate surface area is 129 Å². The van der Waals surface area contributed by atoms with E-state index in [9.17, 15) is 0 Å². The van der Waals surface area contributed by atoms with Crippen molar-refractivity contribution in [3.05, 3.63) is 27.7 Å². The topological polar surface area (TPSA) is 30.5 Å². The van der Waals surface area contributed by atoms with Gasteiger partial charge in [-0.05, 0) is 50.4 Å². The molecule has 1 heterocycles. The summed E-state index contributed by atoms with van der Waals surface area (Å²) in [7, 11) is 2.05. The molecule has 0 amide bonds. The molecular weight excluding hydrogens is 318 g/mol. The molecule has 0 bridgehead atoms. The largest absolute Gasteiger partial charge is 0.493 e. The highest BCUT2D eigenvalue weighted by Gasteiger charge is 2.22. The first-order valence-electron chi connectivity index (χ1n) is 7.49. The van der Waals surface area contributed by atoms with E-state index < -0.39 is 0 Å². The van der Waals surface area contributed by atoms with Gasteiger partial charge in [-0.2, -0.15) is 0 Å². The number of ether oxygens (including phenoxy) is 2. The predicted molar refractivity (Wildman–Crippen MR) is 83.2 cm³/mol. The molecule has 3 rings (SSSR count). The molecule has 110 valence electrons. The van der Waals surface area contributed by atoms with Crippen molar-refractivity contribution in [2.24, 2.45) is 0 Å². The summed E-state index contributed by atoms with van der Waals surface area (Å²) in [4.78, 5) is 0. The van der Waals surface area contributed by atoms with Gasteiger partial charge in [0.15, 0.2) is 0 Å². The van der Waals surface area contributed by atoms with Crippen LogP contribution in [0.1, 0.15) is 36.8 Å². The number of hydrogen-bond acceptors (Lipinski definition) is 3. The third-order valence-corrected chi connectivity index (χ3v) is 4.84. The summed E-state index contributed by atoms with van der Waals surface area (Å²) >= 11 is 3.58. The Kier molecular flexibility index (Phi) is 4.64. The Morgan fingerprint density at radius 1 is 1.30 bits per heavy atom. The summed E-state index contributed by atoms with van der Waals surface area (Å²) < 4.78 is 13.0. The minimum Gasteiger partial charge on any atom is -0.493 e. The maximum absolute atomic E-state index is 6.11. The van der Waals surface area contributed by atoms with Gasteiger partial charge in [0.1, 0.15) is 5.75 Å². The van der Waals surface area contributed by atoms with E-state index in [4.69, 9.17) is 9.47 Å². The molecule has 0 spiro atoms. The smallest absolute Gasteiger partial charge is 0.128 e. The van der Waals surface area contributed by atoms with Crippen LogP contribution >= 0.6 is 15.9 Å². The third-order valence-electron chi connectivity index (χ3n) is 4.38. The lowest BCUT2D eigenvalue weighted by molar-refractivity contribution is 0.0110. The van der Waals surface area contributed by atoms with E-state index in [-0.39, 0.29) is 0 Å². The van der Waals surface area contributed by atoms with Crippen LogP contribution in [0.15, 0.2) is 16.6 Å². The highest BCUT2D eigenvalue weighted by molar-refractivity contribution is 9.10. The van der Waals surface area contributed by atoms with Crippen molar-refractivity contribution in [3.8, 4) is 5.75 Å². The number of hydrogen-bond donors (Lipinski definition) is 1. The molecule has 1 aromatic rings. The van der Waals surface area contributed by atoms with Crippen LogP contribution in [0.25, 0.3) is 0 Å². The molecule has 2 aliphatic rings. The zero-order chi connectivity index (χ0) is 13.9. The molecule has 3 nitrogen and oxygen atoms in total. The molecule has 1 aliphatic carbocycles. The molecule has 1 N–H and O–H groups in total. The van der Waals surface area contributed by atoms with Crippen molar-refractivity contribution in [2.45, 2.75) is 50.9 Å². The lowest BCUT2D eigenvalue weighted by Crippen LogP contribution is -2.32. The summed E-state index contributed by atoms with van der Waals surface area (Å²) in [5.41, 5.74) is 2.49. The maximum atomic E-state index is 6.11. The van der Waals surface area contributed by atoms with Gasteiger partial charge in [0.25, 0.3) is 0 Å². The van der Waals surface area contributed by atoms with E-state index in [0.29, 0.717) is 18.8 Å². The van der Waals surface area contributed by atoms with Crippen LogP contribution in [-0.4, -0.2) is 25.8 Å². The van der Waals surface area contributed by atoms with Gasteiger partial charge in [0, 0.05) is 22.5 Å². The Balaban J connectivity index is 1.59. The van der Waals surface area contributed by atoms with Gasteiger partial charge in [-0.3, -0.25) is 0 Å². The monoisotopic (exact) mass is 339 g/mol. The van der Waals surface area contributed by atoms with Crippen molar-refractivity contribution in [1.82, 2.24) is 5.32 Å². The fraction of sp³-hybridized carbons (Fsp3) is 0.625. The molecule has 1 aromatic carbocycles. The predicted octanol–water partition coefficient (Wildman–Crippen LogP) is 3.43. The second-order valence-electron chi connectivity index (χ2n) is 5.72. The SMILES string of the molecule is CNC1CCC(OCc2cc(Br)cc3c2OCC3)CC1. The van der Waals surface area contributed by atoms with Crippen LogP contribution in [0, 0.1) is 0 Å². The molecule has 0 saturated heterocycles. The second kappa shape index (κ2) is 6.46. The van der Waals surface area contributed by atoms with Crippen LogP contribution in [0.4, 0.5) is 0 Å². The second-order valence-corrected chi connectivity index (χ2v) is 6.64. The fourth-order valence-corrected chi connectivity index (χ4v) is 3.73. The Hall–Kier alpha value is -0.580. The minimum absolute atomic E-state index is 0.399. The molecule has 0 aromatic heterocycles. The summed E-state index contributed by atoms with van der Waals surface area (Å²) in [5.74, 6) is 1.05. The molecule has 4 heteroatoms. The fourth-order valence-electron chi connectivity index (χ4n) is 3.18. The van der Waals surface area contributed by atoms with E-state index in [0.717, 1.165) is 36.1 Å². The Bertz CT molecular complexity index is 470. The third kappa shape index (κ3) is 3.18. The normalized spacial score (nSPS) is 25.3. The number of benzene rings is 1. The van der Waals surface area contributed by atoms with Gasteiger partial charge in [-0.1, -0.05) is 15.9 Å². The van der Waals surface area contributed by atoms with Crippen molar-refractivity contribution >= 4 is 15.9 Å². The van der Waals surface area contributed by atoms with Gasteiger partial charge < -0.3 is 14.8 Å². The van der Waals surface area contributed by atoms with Gasteiger partial charge in [0.05, 0.1) is 19.3 Å². The molecular formula is C16H22BrNO2. The lowest BCUT2D eigenvalue weighted by Gasteiger charge is -2.28. The van der Waals surface area contributed by atoms with Crippen molar-refractivity contribution in [3.63, 3.8) is 0 Å². The number of nitrogens with one attached hydrogen (secondary N) is 1. The molecule has 0 atom stereocenters. The van der Waals surface area contributed by atoms with Gasteiger partial charge in [-0.15, -0.1) is 0 Å². The Morgan fingerprint density at radius 3 is 2.85 bits per heavy atom. The first kappa shape index (κ1) is 14.4. The van der Waals surface area contributed by atoms with Crippen LogP contribution in [-0.2, 0) is 17.8 Å². The van der Waals surface area contributed by atoms with E-state index in [1.165, 1.54) is 24.0 Å². The number of halogens is 1. The number of rotatable bonds is 4. The van der Waals surface area contributed by atoms with Crippen LogP contribution < -0.4 is 10.1 Å².